The third-order valence-electron chi connectivity index (χ3n) is 2.98. The van der Waals surface area contributed by atoms with Crippen LogP contribution in [0.25, 0.3) is 0 Å². The molecule has 6 nitrogen and oxygen atoms in total. The molecule has 1 unspecified atom stereocenters. The minimum atomic E-state index is -3.77. The lowest BCUT2D eigenvalue weighted by atomic mass is 10.2. The summed E-state index contributed by atoms with van der Waals surface area (Å²) in [6, 6.07) is 2.19. The van der Waals surface area contributed by atoms with Crippen LogP contribution in [0.4, 0.5) is 5.69 Å². The van der Waals surface area contributed by atoms with Crippen LogP contribution in [0.15, 0.2) is 17.0 Å². The highest BCUT2D eigenvalue weighted by Crippen LogP contribution is 2.30. The van der Waals surface area contributed by atoms with Gasteiger partial charge in [0.1, 0.15) is 5.02 Å². The van der Waals surface area contributed by atoms with Gasteiger partial charge in [-0.05, 0) is 30.7 Å². The molecule has 20 heavy (non-hydrogen) atoms. The van der Waals surface area contributed by atoms with Gasteiger partial charge in [0.05, 0.1) is 9.82 Å². The van der Waals surface area contributed by atoms with Crippen LogP contribution < -0.4 is 4.72 Å². The van der Waals surface area contributed by atoms with Crippen molar-refractivity contribution in [3.63, 3.8) is 0 Å². The lowest BCUT2D eigenvalue weighted by Gasteiger charge is -2.13. The van der Waals surface area contributed by atoms with Crippen molar-refractivity contribution in [3.05, 3.63) is 32.8 Å². The highest BCUT2D eigenvalue weighted by atomic mass is 35.5. The summed E-state index contributed by atoms with van der Waals surface area (Å²) in [5.74, 6) is 1.63. The molecular formula is C11H13ClN2O4S2. The first-order valence-electron chi connectivity index (χ1n) is 5.86. The van der Waals surface area contributed by atoms with Gasteiger partial charge in [0.2, 0.25) is 10.0 Å². The molecule has 1 aliphatic rings. The van der Waals surface area contributed by atoms with Crippen molar-refractivity contribution in [2.75, 3.05) is 11.5 Å². The number of sulfonamides is 1. The zero-order valence-electron chi connectivity index (χ0n) is 10.6. The summed E-state index contributed by atoms with van der Waals surface area (Å²) < 4.78 is 27.2. The monoisotopic (exact) mass is 336 g/mol. The Balaban J connectivity index is 2.40. The second-order valence-electron chi connectivity index (χ2n) is 4.51. The Labute approximate surface area is 126 Å². The van der Waals surface area contributed by atoms with E-state index in [-0.39, 0.29) is 16.0 Å². The van der Waals surface area contributed by atoms with Gasteiger partial charge in [-0.2, -0.15) is 11.8 Å². The Morgan fingerprint density at radius 3 is 2.75 bits per heavy atom. The minimum Gasteiger partial charge on any atom is -0.258 e. The Morgan fingerprint density at radius 1 is 1.50 bits per heavy atom. The maximum absolute atomic E-state index is 12.3. The van der Waals surface area contributed by atoms with Gasteiger partial charge in [0, 0.05) is 17.9 Å². The van der Waals surface area contributed by atoms with Crippen LogP contribution in [-0.2, 0) is 10.0 Å². The van der Waals surface area contributed by atoms with Gasteiger partial charge >= 0.3 is 0 Å². The third-order valence-corrected chi connectivity index (χ3v) is 6.11. The predicted molar refractivity (Wildman–Crippen MR) is 78.9 cm³/mol. The lowest BCUT2D eigenvalue weighted by molar-refractivity contribution is -0.384. The maximum atomic E-state index is 12.3. The van der Waals surface area contributed by atoms with Crippen LogP contribution in [0.3, 0.4) is 0 Å². The number of rotatable bonds is 4. The number of benzene rings is 1. The minimum absolute atomic E-state index is 0.0668. The zero-order chi connectivity index (χ0) is 14.9. The van der Waals surface area contributed by atoms with E-state index in [0.717, 1.165) is 18.2 Å². The molecule has 1 atom stereocenters. The Bertz CT molecular complexity index is 642. The molecule has 0 aromatic heterocycles. The normalized spacial score (nSPS) is 19.2. The standard InChI is InChI=1S/C11H13ClN2O4S2/c1-7-4-9(12)10(14(15)16)5-11(7)20(17,18)13-8-2-3-19-6-8/h4-5,8,13H,2-3,6H2,1H3. The topological polar surface area (TPSA) is 89.3 Å². The molecular weight excluding hydrogens is 324 g/mol. The molecule has 0 saturated carbocycles. The van der Waals surface area contributed by atoms with Gasteiger partial charge in [-0.1, -0.05) is 11.6 Å². The van der Waals surface area contributed by atoms with Crippen molar-refractivity contribution in [2.24, 2.45) is 0 Å². The molecule has 1 aromatic carbocycles. The number of hydrogen-bond donors (Lipinski definition) is 1. The molecule has 0 amide bonds. The van der Waals surface area contributed by atoms with Crippen molar-refractivity contribution in [1.29, 1.82) is 0 Å². The van der Waals surface area contributed by atoms with Crippen molar-refractivity contribution >= 4 is 39.1 Å². The molecule has 2 rings (SSSR count). The van der Waals surface area contributed by atoms with Gasteiger partial charge in [0.15, 0.2) is 0 Å². The molecule has 1 saturated heterocycles. The summed E-state index contributed by atoms with van der Waals surface area (Å²) in [5.41, 5.74) is -0.0165. The fraction of sp³-hybridized carbons (Fsp3) is 0.455. The summed E-state index contributed by atoms with van der Waals surface area (Å²) in [5, 5.41) is 10.8. The summed E-state index contributed by atoms with van der Waals surface area (Å²) in [7, 11) is -3.77. The van der Waals surface area contributed by atoms with E-state index >= 15 is 0 Å². The molecule has 1 fully saturated rings. The van der Waals surface area contributed by atoms with Gasteiger partial charge in [0.25, 0.3) is 5.69 Å². The molecule has 0 radical (unpaired) electrons. The molecule has 0 bridgehead atoms. The van der Waals surface area contributed by atoms with Crippen molar-refractivity contribution in [1.82, 2.24) is 4.72 Å². The van der Waals surface area contributed by atoms with Crippen molar-refractivity contribution in [2.45, 2.75) is 24.3 Å². The van der Waals surface area contributed by atoms with Crippen LogP contribution in [-0.4, -0.2) is 30.9 Å². The first-order chi connectivity index (χ1) is 9.31. The SMILES string of the molecule is Cc1cc(Cl)c([N+](=O)[O-])cc1S(=O)(=O)NC1CCSC1. The van der Waals surface area contributed by atoms with E-state index in [4.69, 9.17) is 11.6 Å². The van der Waals surface area contributed by atoms with E-state index in [0.29, 0.717) is 11.3 Å². The summed E-state index contributed by atoms with van der Waals surface area (Å²) in [4.78, 5) is 10.1. The Kier molecular flexibility index (Phi) is 4.58. The largest absolute Gasteiger partial charge is 0.289 e. The smallest absolute Gasteiger partial charge is 0.258 e. The fourth-order valence-electron chi connectivity index (χ4n) is 1.98. The van der Waals surface area contributed by atoms with E-state index in [2.05, 4.69) is 4.72 Å². The zero-order valence-corrected chi connectivity index (χ0v) is 13.0. The van der Waals surface area contributed by atoms with Gasteiger partial charge in [-0.3, -0.25) is 10.1 Å². The first kappa shape index (κ1) is 15.6. The molecule has 1 N–H and O–H groups in total. The van der Waals surface area contributed by atoms with Crippen LogP contribution in [0, 0.1) is 17.0 Å². The van der Waals surface area contributed by atoms with Gasteiger partial charge in [-0.25, -0.2) is 13.1 Å². The molecule has 0 spiro atoms. The molecule has 1 aliphatic heterocycles. The van der Waals surface area contributed by atoms with Crippen molar-refractivity contribution < 1.29 is 13.3 Å². The molecule has 1 heterocycles. The number of nitrogens with one attached hydrogen (secondary N) is 1. The third kappa shape index (κ3) is 3.25. The molecule has 9 heteroatoms. The summed E-state index contributed by atoms with van der Waals surface area (Å²) in [6.07, 6.45) is 0.763. The number of thioether (sulfide) groups is 1. The van der Waals surface area contributed by atoms with E-state index in [1.165, 1.54) is 6.07 Å². The first-order valence-corrected chi connectivity index (χ1v) is 8.87. The second kappa shape index (κ2) is 5.88. The van der Waals surface area contributed by atoms with E-state index < -0.39 is 20.6 Å². The number of halogens is 1. The summed E-state index contributed by atoms with van der Waals surface area (Å²) in [6.45, 7) is 1.56. The Hall–Kier alpha value is -0.830. The van der Waals surface area contributed by atoms with Crippen LogP contribution in [0.2, 0.25) is 5.02 Å². The summed E-state index contributed by atoms with van der Waals surface area (Å²) >= 11 is 7.43. The van der Waals surface area contributed by atoms with E-state index in [9.17, 15) is 18.5 Å². The average molecular weight is 337 g/mol. The van der Waals surface area contributed by atoms with E-state index in [1.807, 2.05) is 0 Å². The molecule has 1 aromatic rings. The molecule has 110 valence electrons. The van der Waals surface area contributed by atoms with Crippen molar-refractivity contribution in [3.8, 4) is 0 Å². The second-order valence-corrected chi connectivity index (χ2v) is 7.75. The van der Waals surface area contributed by atoms with Gasteiger partial charge in [-0.15, -0.1) is 0 Å². The number of nitro benzene ring substituents is 1. The predicted octanol–water partition coefficient (Wildman–Crippen LogP) is 2.34. The van der Waals surface area contributed by atoms with E-state index in [1.54, 1.807) is 18.7 Å². The number of aryl methyl sites for hydroxylation is 1. The highest BCUT2D eigenvalue weighted by Gasteiger charge is 2.27. The number of hydrogen-bond acceptors (Lipinski definition) is 5. The lowest BCUT2D eigenvalue weighted by Crippen LogP contribution is -2.35. The van der Waals surface area contributed by atoms with Crippen LogP contribution in [0.5, 0.6) is 0 Å². The fourth-order valence-corrected chi connectivity index (χ4v) is 5.04. The average Bonchev–Trinajstić information content (AvgIpc) is 2.79. The number of nitro groups is 1. The van der Waals surface area contributed by atoms with Crippen LogP contribution >= 0.6 is 23.4 Å². The van der Waals surface area contributed by atoms with Crippen LogP contribution in [0.1, 0.15) is 12.0 Å². The number of nitrogens with zero attached hydrogens (tertiary/aromatic N) is 1. The van der Waals surface area contributed by atoms with Gasteiger partial charge < -0.3 is 0 Å². The highest BCUT2D eigenvalue weighted by molar-refractivity contribution is 7.99. The quantitative estimate of drug-likeness (QED) is 0.673. The maximum Gasteiger partial charge on any atom is 0.289 e. The molecule has 0 aliphatic carbocycles. The Morgan fingerprint density at radius 2 is 2.20 bits per heavy atom.